The summed E-state index contributed by atoms with van der Waals surface area (Å²) in [6.45, 7) is 1.34. The van der Waals surface area contributed by atoms with E-state index in [1.165, 1.54) is 0 Å². The second kappa shape index (κ2) is 9.08. The first-order valence-electron chi connectivity index (χ1n) is 9.31. The zero-order valence-electron chi connectivity index (χ0n) is 16.5. The number of carbonyl (C=O) groups is 1. The van der Waals surface area contributed by atoms with Crippen LogP contribution in [-0.4, -0.2) is 44.5 Å². The molecule has 1 heterocycles. The average molecular weight is 378 g/mol. The molecule has 0 saturated heterocycles. The Balaban J connectivity index is 1.56. The number of nitrogens with one attached hydrogen (secondary N) is 2. The predicted molar refractivity (Wildman–Crippen MR) is 113 cm³/mol. The van der Waals surface area contributed by atoms with Crippen LogP contribution in [0, 0.1) is 0 Å². The van der Waals surface area contributed by atoms with Crippen molar-refractivity contribution in [3.63, 3.8) is 0 Å². The number of para-hydroxylation sites is 1. The molecule has 0 radical (unpaired) electrons. The fourth-order valence-electron chi connectivity index (χ4n) is 3.14. The lowest BCUT2D eigenvalue weighted by molar-refractivity contribution is 0.0963. The Kier molecular flexibility index (Phi) is 6.32. The Morgan fingerprint density at radius 3 is 2.71 bits per heavy atom. The van der Waals surface area contributed by atoms with Gasteiger partial charge in [-0.15, -0.1) is 0 Å². The van der Waals surface area contributed by atoms with Crippen LogP contribution in [0.15, 0.2) is 64.0 Å². The first-order chi connectivity index (χ1) is 13.6. The smallest absolute Gasteiger partial charge is 0.251 e. The number of furan rings is 1. The van der Waals surface area contributed by atoms with Gasteiger partial charge in [0.25, 0.3) is 5.91 Å². The highest BCUT2D eigenvalue weighted by Crippen LogP contribution is 2.19. The summed E-state index contributed by atoms with van der Waals surface area (Å²) < 4.78 is 5.89. The molecule has 28 heavy (non-hydrogen) atoms. The van der Waals surface area contributed by atoms with Crippen molar-refractivity contribution in [1.29, 1.82) is 0 Å². The normalized spacial score (nSPS) is 11.5. The van der Waals surface area contributed by atoms with Crippen LogP contribution in [0.2, 0.25) is 0 Å². The van der Waals surface area contributed by atoms with Crippen LogP contribution >= 0.6 is 0 Å². The third kappa shape index (κ3) is 4.71. The van der Waals surface area contributed by atoms with E-state index in [2.05, 4.69) is 21.7 Å². The molecule has 0 bridgehead atoms. The van der Waals surface area contributed by atoms with E-state index < -0.39 is 0 Å². The first-order valence-corrected chi connectivity index (χ1v) is 9.31. The maximum atomic E-state index is 11.8. The fraction of sp³-hybridized carbons (Fsp3) is 0.273. The molecule has 0 unspecified atom stereocenters. The van der Waals surface area contributed by atoms with Gasteiger partial charge in [0.2, 0.25) is 0 Å². The number of aliphatic imine (C=N–C) groups is 1. The first kappa shape index (κ1) is 19.5. The van der Waals surface area contributed by atoms with Gasteiger partial charge in [-0.2, -0.15) is 0 Å². The van der Waals surface area contributed by atoms with Crippen LogP contribution in [0.3, 0.4) is 0 Å². The van der Waals surface area contributed by atoms with Gasteiger partial charge in [-0.05, 0) is 36.2 Å². The van der Waals surface area contributed by atoms with Gasteiger partial charge in [0.15, 0.2) is 5.96 Å². The summed E-state index contributed by atoms with van der Waals surface area (Å²) >= 11 is 0. The van der Waals surface area contributed by atoms with Crippen LogP contribution in [-0.2, 0) is 13.0 Å². The number of hydrogen-bond acceptors (Lipinski definition) is 3. The third-order valence-corrected chi connectivity index (χ3v) is 4.56. The van der Waals surface area contributed by atoms with Crippen LogP contribution in [0.25, 0.3) is 11.0 Å². The van der Waals surface area contributed by atoms with Crippen molar-refractivity contribution >= 4 is 22.8 Å². The van der Waals surface area contributed by atoms with Crippen LogP contribution in [0.4, 0.5) is 0 Å². The van der Waals surface area contributed by atoms with Crippen molar-refractivity contribution in [1.82, 2.24) is 15.5 Å². The van der Waals surface area contributed by atoms with E-state index in [0.717, 1.165) is 34.7 Å². The lowest BCUT2D eigenvalue weighted by Gasteiger charge is -2.21. The van der Waals surface area contributed by atoms with Crippen molar-refractivity contribution in [2.75, 3.05) is 27.7 Å². The number of hydrogen-bond donors (Lipinski definition) is 2. The van der Waals surface area contributed by atoms with E-state index >= 15 is 0 Å². The summed E-state index contributed by atoms with van der Waals surface area (Å²) in [5.74, 6) is 1.61. The highest BCUT2D eigenvalue weighted by atomic mass is 16.3. The highest BCUT2D eigenvalue weighted by molar-refractivity contribution is 5.94. The lowest BCUT2D eigenvalue weighted by Crippen LogP contribution is -2.39. The summed E-state index contributed by atoms with van der Waals surface area (Å²) in [4.78, 5) is 18.1. The standard InChI is InChI=1S/C22H26N4O2/c1-23-21(27)18-9-6-7-16(13-18)11-12-25-22(24-2)26(3)15-19-14-17-8-4-5-10-20(17)28-19/h4-10,13-14H,11-12,15H2,1-3H3,(H,23,27)(H,24,25). The molecule has 0 spiro atoms. The summed E-state index contributed by atoms with van der Waals surface area (Å²) in [6, 6.07) is 17.7. The maximum Gasteiger partial charge on any atom is 0.251 e. The Bertz CT molecular complexity index is 944. The van der Waals surface area contributed by atoms with Gasteiger partial charge in [-0.3, -0.25) is 9.79 Å². The largest absolute Gasteiger partial charge is 0.459 e. The van der Waals surface area contributed by atoms with Gasteiger partial charge in [0.1, 0.15) is 11.3 Å². The monoisotopic (exact) mass is 378 g/mol. The Morgan fingerprint density at radius 1 is 1.14 bits per heavy atom. The molecule has 3 rings (SSSR count). The predicted octanol–water partition coefficient (Wildman–Crippen LogP) is 3.04. The summed E-state index contributed by atoms with van der Waals surface area (Å²) in [7, 11) is 5.39. The number of guanidine groups is 1. The van der Waals surface area contributed by atoms with E-state index in [1.54, 1.807) is 14.1 Å². The van der Waals surface area contributed by atoms with Crippen molar-refractivity contribution < 1.29 is 9.21 Å². The highest BCUT2D eigenvalue weighted by Gasteiger charge is 2.10. The van der Waals surface area contributed by atoms with Crippen molar-refractivity contribution in [3.05, 3.63) is 71.5 Å². The summed E-state index contributed by atoms with van der Waals surface area (Å²) in [5.41, 5.74) is 2.67. The minimum atomic E-state index is -0.0730. The van der Waals surface area contributed by atoms with Gasteiger partial charge in [0.05, 0.1) is 6.54 Å². The second-order valence-corrected chi connectivity index (χ2v) is 6.61. The van der Waals surface area contributed by atoms with Crippen molar-refractivity contribution in [2.45, 2.75) is 13.0 Å². The van der Waals surface area contributed by atoms with Gasteiger partial charge in [-0.25, -0.2) is 0 Å². The Hall–Kier alpha value is -3.28. The third-order valence-electron chi connectivity index (χ3n) is 4.56. The van der Waals surface area contributed by atoms with Gasteiger partial charge < -0.3 is 20.0 Å². The molecule has 3 aromatic rings. The van der Waals surface area contributed by atoms with Crippen LogP contribution in [0.1, 0.15) is 21.7 Å². The zero-order chi connectivity index (χ0) is 19.9. The molecule has 0 aliphatic heterocycles. The second-order valence-electron chi connectivity index (χ2n) is 6.61. The maximum absolute atomic E-state index is 11.8. The minimum absolute atomic E-state index is 0.0730. The molecule has 2 aromatic carbocycles. The molecule has 0 aliphatic rings. The number of benzene rings is 2. The van der Waals surface area contributed by atoms with Crippen molar-refractivity contribution in [3.8, 4) is 0 Å². The molecule has 1 amide bonds. The number of fused-ring (bicyclic) bond motifs is 1. The summed E-state index contributed by atoms with van der Waals surface area (Å²) in [6.07, 6.45) is 0.794. The number of nitrogens with zero attached hydrogens (tertiary/aromatic N) is 2. The minimum Gasteiger partial charge on any atom is -0.459 e. The van der Waals surface area contributed by atoms with E-state index in [4.69, 9.17) is 4.42 Å². The fourth-order valence-corrected chi connectivity index (χ4v) is 3.14. The molecule has 0 saturated carbocycles. The van der Waals surface area contributed by atoms with Crippen LogP contribution < -0.4 is 10.6 Å². The Labute approximate surface area is 165 Å². The van der Waals surface area contributed by atoms with Gasteiger partial charge in [-0.1, -0.05) is 30.3 Å². The molecular weight excluding hydrogens is 352 g/mol. The number of carbonyl (C=O) groups excluding carboxylic acids is 1. The lowest BCUT2D eigenvalue weighted by atomic mass is 10.1. The Morgan fingerprint density at radius 2 is 1.96 bits per heavy atom. The SMILES string of the molecule is CN=C(NCCc1cccc(C(=O)NC)c1)N(C)Cc1cc2ccccc2o1. The molecule has 0 atom stereocenters. The zero-order valence-corrected chi connectivity index (χ0v) is 16.5. The summed E-state index contributed by atoms with van der Waals surface area (Å²) in [5, 5.41) is 7.12. The number of rotatable bonds is 6. The molecule has 6 heteroatoms. The average Bonchev–Trinajstić information content (AvgIpc) is 3.13. The van der Waals surface area contributed by atoms with Gasteiger partial charge >= 0.3 is 0 Å². The van der Waals surface area contributed by atoms with E-state index in [-0.39, 0.29) is 5.91 Å². The molecule has 0 aliphatic carbocycles. The molecule has 6 nitrogen and oxygen atoms in total. The number of amides is 1. The molecular formula is C22H26N4O2. The molecule has 0 fully saturated rings. The molecule has 146 valence electrons. The van der Waals surface area contributed by atoms with E-state index in [9.17, 15) is 4.79 Å². The topological polar surface area (TPSA) is 69.9 Å². The van der Waals surface area contributed by atoms with E-state index in [0.29, 0.717) is 18.7 Å². The quantitative estimate of drug-likeness (QED) is 0.511. The van der Waals surface area contributed by atoms with E-state index in [1.807, 2.05) is 60.5 Å². The van der Waals surface area contributed by atoms with Crippen LogP contribution in [0.5, 0.6) is 0 Å². The van der Waals surface area contributed by atoms with Crippen molar-refractivity contribution in [2.24, 2.45) is 4.99 Å². The van der Waals surface area contributed by atoms with Gasteiger partial charge in [0, 0.05) is 38.6 Å². The molecule has 1 aromatic heterocycles. The molecule has 2 N–H and O–H groups in total.